The summed E-state index contributed by atoms with van der Waals surface area (Å²) in [7, 11) is 0. The van der Waals surface area contributed by atoms with Crippen LogP contribution >= 0.6 is 0 Å². The summed E-state index contributed by atoms with van der Waals surface area (Å²) in [6.07, 6.45) is 9.39. The van der Waals surface area contributed by atoms with E-state index < -0.39 is 0 Å². The van der Waals surface area contributed by atoms with Gasteiger partial charge in [0.2, 0.25) is 11.7 Å². The summed E-state index contributed by atoms with van der Waals surface area (Å²) < 4.78 is 12.4. The van der Waals surface area contributed by atoms with Gasteiger partial charge < -0.3 is 8.94 Å². The van der Waals surface area contributed by atoms with E-state index in [0.29, 0.717) is 24.3 Å². The monoisotopic (exact) mass is 299 g/mol. The van der Waals surface area contributed by atoms with Crippen LogP contribution in [0, 0.1) is 0 Å². The highest BCUT2D eigenvalue weighted by Crippen LogP contribution is 2.22. The highest BCUT2D eigenvalue weighted by Gasteiger charge is 2.26. The molecule has 0 N–H and O–H groups in total. The van der Waals surface area contributed by atoms with Crippen molar-refractivity contribution in [1.82, 2.24) is 24.8 Å². The molecule has 0 bridgehead atoms. The van der Waals surface area contributed by atoms with Crippen LogP contribution in [0.4, 0.5) is 0 Å². The van der Waals surface area contributed by atoms with Crippen LogP contribution in [0.5, 0.6) is 0 Å². The fraction of sp³-hybridized carbons (Fsp3) is 0.400. The van der Waals surface area contributed by atoms with Gasteiger partial charge >= 0.3 is 0 Å². The van der Waals surface area contributed by atoms with Crippen molar-refractivity contribution in [2.45, 2.75) is 32.0 Å². The second kappa shape index (κ2) is 5.76. The number of aromatic nitrogens is 4. The zero-order chi connectivity index (χ0) is 14.8. The Balaban J connectivity index is 1.44. The molecule has 3 aromatic heterocycles. The van der Waals surface area contributed by atoms with E-state index in [4.69, 9.17) is 8.94 Å². The summed E-state index contributed by atoms with van der Waals surface area (Å²) in [5.41, 5.74) is 0.838. The van der Waals surface area contributed by atoms with E-state index in [2.05, 4.69) is 20.1 Å². The lowest BCUT2D eigenvalue weighted by molar-refractivity contribution is 0.192. The Hall–Kier alpha value is -2.41. The van der Waals surface area contributed by atoms with Crippen molar-refractivity contribution in [1.29, 1.82) is 0 Å². The third-order valence-corrected chi connectivity index (χ3v) is 4.04. The minimum Gasteiger partial charge on any atom is -0.472 e. The Kier molecular flexibility index (Phi) is 3.48. The van der Waals surface area contributed by atoms with Crippen molar-refractivity contribution >= 4 is 0 Å². The highest BCUT2D eigenvalue weighted by molar-refractivity contribution is 5.51. The third-order valence-electron chi connectivity index (χ3n) is 4.04. The SMILES string of the molecule is c1cnn(C[C@H]2CCCN2Cc2nc(-c3ccoc3)no2)c1. The van der Waals surface area contributed by atoms with Gasteiger partial charge in [-0.25, -0.2) is 0 Å². The van der Waals surface area contributed by atoms with Gasteiger partial charge in [-0.15, -0.1) is 0 Å². The van der Waals surface area contributed by atoms with Crippen molar-refractivity contribution in [3.63, 3.8) is 0 Å². The largest absolute Gasteiger partial charge is 0.472 e. The Morgan fingerprint density at radius 3 is 3.18 bits per heavy atom. The minimum absolute atomic E-state index is 0.462. The molecule has 0 radical (unpaired) electrons. The summed E-state index contributed by atoms with van der Waals surface area (Å²) in [6.45, 7) is 2.63. The molecule has 1 fully saturated rings. The van der Waals surface area contributed by atoms with Crippen molar-refractivity contribution in [2.75, 3.05) is 6.54 Å². The number of hydrogen-bond acceptors (Lipinski definition) is 6. The second-order valence-electron chi connectivity index (χ2n) is 5.52. The van der Waals surface area contributed by atoms with Gasteiger partial charge in [0.1, 0.15) is 6.26 Å². The van der Waals surface area contributed by atoms with Crippen molar-refractivity contribution in [3.8, 4) is 11.4 Å². The minimum atomic E-state index is 0.462. The molecule has 22 heavy (non-hydrogen) atoms. The van der Waals surface area contributed by atoms with Gasteiger partial charge in [-0.1, -0.05) is 5.16 Å². The first-order valence-corrected chi connectivity index (χ1v) is 7.45. The number of furan rings is 1. The molecule has 1 atom stereocenters. The topological polar surface area (TPSA) is 73.1 Å². The molecular weight excluding hydrogens is 282 g/mol. The molecule has 3 aromatic rings. The maximum absolute atomic E-state index is 5.37. The van der Waals surface area contributed by atoms with Crippen LogP contribution < -0.4 is 0 Å². The van der Waals surface area contributed by atoms with Crippen molar-refractivity contribution < 1.29 is 8.94 Å². The third kappa shape index (κ3) is 2.67. The molecule has 1 aliphatic heterocycles. The molecular formula is C15H17N5O2. The van der Waals surface area contributed by atoms with Gasteiger partial charge in [-0.2, -0.15) is 10.1 Å². The first kappa shape index (κ1) is 13.3. The highest BCUT2D eigenvalue weighted by atomic mass is 16.5. The van der Waals surface area contributed by atoms with Gasteiger partial charge in [0.25, 0.3) is 0 Å². The van der Waals surface area contributed by atoms with Gasteiger partial charge in [0.15, 0.2) is 0 Å². The molecule has 0 amide bonds. The maximum Gasteiger partial charge on any atom is 0.241 e. The Morgan fingerprint density at radius 1 is 1.36 bits per heavy atom. The Morgan fingerprint density at radius 2 is 2.36 bits per heavy atom. The Bertz CT molecular complexity index is 704. The predicted octanol–water partition coefficient (Wildman–Crippen LogP) is 2.19. The zero-order valence-corrected chi connectivity index (χ0v) is 12.1. The molecule has 7 heteroatoms. The number of hydrogen-bond donors (Lipinski definition) is 0. The first-order chi connectivity index (χ1) is 10.9. The predicted molar refractivity (Wildman–Crippen MR) is 77.7 cm³/mol. The van der Waals surface area contributed by atoms with E-state index >= 15 is 0 Å². The lowest BCUT2D eigenvalue weighted by Gasteiger charge is -2.22. The van der Waals surface area contributed by atoms with Gasteiger partial charge in [-0.3, -0.25) is 9.58 Å². The van der Waals surface area contributed by atoms with Crippen LogP contribution in [0.25, 0.3) is 11.4 Å². The lowest BCUT2D eigenvalue weighted by atomic mass is 10.2. The molecule has 4 heterocycles. The Labute approximate surface area is 127 Å². The van der Waals surface area contributed by atoms with Gasteiger partial charge in [0, 0.05) is 18.4 Å². The first-order valence-electron chi connectivity index (χ1n) is 7.45. The van der Waals surface area contributed by atoms with Crippen LogP contribution in [0.3, 0.4) is 0 Å². The van der Waals surface area contributed by atoms with Crippen molar-refractivity contribution in [3.05, 3.63) is 42.9 Å². The number of nitrogens with zero attached hydrogens (tertiary/aromatic N) is 5. The molecule has 1 saturated heterocycles. The molecule has 4 rings (SSSR count). The summed E-state index contributed by atoms with van der Waals surface area (Å²) in [5, 5.41) is 8.30. The smallest absolute Gasteiger partial charge is 0.241 e. The molecule has 114 valence electrons. The van der Waals surface area contributed by atoms with E-state index in [1.165, 1.54) is 12.8 Å². The molecule has 0 saturated carbocycles. The van der Waals surface area contributed by atoms with Crippen LogP contribution in [0.1, 0.15) is 18.7 Å². The van der Waals surface area contributed by atoms with Crippen LogP contribution in [0.2, 0.25) is 0 Å². The lowest BCUT2D eigenvalue weighted by Crippen LogP contribution is -2.32. The quantitative estimate of drug-likeness (QED) is 0.719. The summed E-state index contributed by atoms with van der Waals surface area (Å²) >= 11 is 0. The maximum atomic E-state index is 5.37. The molecule has 7 nitrogen and oxygen atoms in total. The van der Waals surface area contributed by atoms with Crippen LogP contribution in [-0.2, 0) is 13.1 Å². The van der Waals surface area contributed by atoms with Crippen LogP contribution in [-0.4, -0.2) is 37.4 Å². The number of likely N-dealkylation sites (tertiary alicyclic amines) is 1. The van der Waals surface area contributed by atoms with Gasteiger partial charge in [-0.05, 0) is 31.5 Å². The summed E-state index contributed by atoms with van der Waals surface area (Å²) in [5.74, 6) is 1.22. The average molecular weight is 299 g/mol. The summed E-state index contributed by atoms with van der Waals surface area (Å²) in [4.78, 5) is 6.83. The number of rotatable bonds is 5. The fourth-order valence-electron chi connectivity index (χ4n) is 2.94. The second-order valence-corrected chi connectivity index (χ2v) is 5.52. The van der Waals surface area contributed by atoms with E-state index in [1.807, 2.05) is 29.2 Å². The zero-order valence-electron chi connectivity index (χ0n) is 12.1. The van der Waals surface area contributed by atoms with Crippen molar-refractivity contribution in [2.24, 2.45) is 0 Å². The fourth-order valence-corrected chi connectivity index (χ4v) is 2.94. The standard InChI is InChI=1S/C15H17N5O2/c1-3-13(9-20-7-2-5-16-20)19(6-1)10-14-17-15(18-22-14)12-4-8-21-11-12/h2,4-5,7-8,11,13H,1,3,6,9-10H2/t13-/m1/s1. The van der Waals surface area contributed by atoms with E-state index in [0.717, 1.165) is 18.7 Å². The molecule has 0 aromatic carbocycles. The van der Waals surface area contributed by atoms with E-state index in [9.17, 15) is 0 Å². The van der Waals surface area contributed by atoms with E-state index in [1.54, 1.807) is 12.5 Å². The molecule has 0 unspecified atom stereocenters. The normalized spacial score (nSPS) is 19.0. The van der Waals surface area contributed by atoms with Crippen LogP contribution in [0.15, 0.2) is 46.0 Å². The van der Waals surface area contributed by atoms with E-state index in [-0.39, 0.29) is 0 Å². The summed E-state index contributed by atoms with van der Waals surface area (Å²) in [6, 6.07) is 4.24. The van der Waals surface area contributed by atoms with Gasteiger partial charge in [0.05, 0.1) is 24.9 Å². The molecule has 0 spiro atoms. The molecule has 0 aliphatic carbocycles. The molecule has 1 aliphatic rings. The average Bonchev–Trinajstić information content (AvgIpc) is 3.28.